The summed E-state index contributed by atoms with van der Waals surface area (Å²) in [6.07, 6.45) is 5.45. The lowest BCUT2D eigenvalue weighted by Gasteiger charge is -2.26. The molecule has 0 spiro atoms. The second-order valence-corrected chi connectivity index (χ2v) is 9.69. The molecule has 166 valence electrons. The van der Waals surface area contributed by atoms with Crippen LogP contribution in [0.1, 0.15) is 25.7 Å². The van der Waals surface area contributed by atoms with E-state index < -0.39 is 0 Å². The second-order valence-electron chi connectivity index (χ2n) is 8.66. The van der Waals surface area contributed by atoms with E-state index in [0.29, 0.717) is 6.04 Å². The summed E-state index contributed by atoms with van der Waals surface area (Å²) in [5.41, 5.74) is 4.48. The number of anilines is 3. The number of fused-ring (bicyclic) bond motifs is 2. The Bertz CT molecular complexity index is 1420. The Kier molecular flexibility index (Phi) is 5.20. The molecule has 1 saturated carbocycles. The minimum Gasteiger partial charge on any atom is -0.393 e. The number of aromatic nitrogens is 3. The first-order valence-corrected chi connectivity index (χ1v) is 12.2. The summed E-state index contributed by atoms with van der Waals surface area (Å²) in [5, 5.41) is 18.6. The number of nitrogens with one attached hydrogen (secondary N) is 3. The van der Waals surface area contributed by atoms with E-state index in [2.05, 4.69) is 58.1 Å². The first kappa shape index (κ1) is 20.2. The van der Waals surface area contributed by atoms with Gasteiger partial charge in [0, 0.05) is 17.8 Å². The molecule has 0 saturated heterocycles. The van der Waals surface area contributed by atoms with Crippen molar-refractivity contribution in [3.63, 3.8) is 0 Å². The number of thiazole rings is 1. The van der Waals surface area contributed by atoms with Crippen molar-refractivity contribution in [1.29, 1.82) is 0 Å². The monoisotopic (exact) mass is 455 g/mol. The van der Waals surface area contributed by atoms with E-state index in [-0.39, 0.29) is 6.10 Å². The van der Waals surface area contributed by atoms with Gasteiger partial charge in [0.2, 0.25) is 0 Å². The summed E-state index contributed by atoms with van der Waals surface area (Å²) in [7, 11) is 0. The summed E-state index contributed by atoms with van der Waals surface area (Å²) in [5.74, 6) is 1.62. The molecule has 1 aliphatic rings. The predicted octanol–water partition coefficient (Wildman–Crippen LogP) is 6.30. The van der Waals surface area contributed by atoms with Crippen LogP contribution < -0.4 is 10.6 Å². The van der Waals surface area contributed by atoms with Crippen LogP contribution >= 0.6 is 11.3 Å². The molecule has 1 aliphatic carbocycles. The number of hydrogen-bond acceptors (Lipinski definition) is 6. The second kappa shape index (κ2) is 8.50. The van der Waals surface area contributed by atoms with Gasteiger partial charge in [-0.05, 0) is 78.6 Å². The molecule has 7 heteroatoms. The van der Waals surface area contributed by atoms with Gasteiger partial charge < -0.3 is 20.7 Å². The van der Waals surface area contributed by atoms with Crippen LogP contribution in [0.5, 0.6) is 0 Å². The van der Waals surface area contributed by atoms with Crippen LogP contribution in [0, 0.1) is 0 Å². The molecule has 1 fully saturated rings. The van der Waals surface area contributed by atoms with Gasteiger partial charge in [-0.3, -0.25) is 0 Å². The van der Waals surface area contributed by atoms with E-state index >= 15 is 0 Å². The molecule has 3 aromatic heterocycles. The zero-order valence-electron chi connectivity index (χ0n) is 18.1. The summed E-state index contributed by atoms with van der Waals surface area (Å²) >= 11 is 1.63. The molecule has 0 amide bonds. The normalized spacial score (nSPS) is 18.6. The molecule has 0 unspecified atom stereocenters. The quantitative estimate of drug-likeness (QED) is 0.250. The van der Waals surface area contributed by atoms with E-state index in [0.717, 1.165) is 58.2 Å². The molecular weight excluding hydrogens is 430 g/mol. The van der Waals surface area contributed by atoms with Crippen molar-refractivity contribution in [2.24, 2.45) is 0 Å². The Labute approximate surface area is 195 Å². The summed E-state index contributed by atoms with van der Waals surface area (Å²) in [6, 6.07) is 21.3. The van der Waals surface area contributed by atoms with Gasteiger partial charge in [0.1, 0.15) is 11.6 Å². The van der Waals surface area contributed by atoms with Crippen molar-refractivity contribution >= 4 is 49.2 Å². The molecule has 6 rings (SSSR count). The van der Waals surface area contributed by atoms with Gasteiger partial charge in [0.05, 0.1) is 16.3 Å². The van der Waals surface area contributed by atoms with Gasteiger partial charge in [-0.15, -0.1) is 0 Å². The first-order valence-electron chi connectivity index (χ1n) is 11.4. The van der Waals surface area contributed by atoms with Gasteiger partial charge >= 0.3 is 0 Å². The fourth-order valence-corrected chi connectivity index (χ4v) is 5.42. The molecule has 0 bridgehead atoms. The van der Waals surface area contributed by atoms with Gasteiger partial charge in [-0.25, -0.2) is 9.97 Å². The maximum atomic E-state index is 9.72. The van der Waals surface area contributed by atoms with E-state index in [1.165, 1.54) is 16.5 Å². The molecule has 33 heavy (non-hydrogen) atoms. The van der Waals surface area contributed by atoms with Gasteiger partial charge in [-0.1, -0.05) is 35.6 Å². The van der Waals surface area contributed by atoms with E-state index in [1.54, 1.807) is 11.3 Å². The molecule has 0 atom stereocenters. The zero-order valence-corrected chi connectivity index (χ0v) is 18.9. The molecule has 0 aliphatic heterocycles. The van der Waals surface area contributed by atoms with E-state index in [9.17, 15) is 5.11 Å². The van der Waals surface area contributed by atoms with Crippen molar-refractivity contribution in [1.82, 2.24) is 15.0 Å². The number of pyridine rings is 1. The largest absolute Gasteiger partial charge is 0.393 e. The Morgan fingerprint density at radius 1 is 0.879 bits per heavy atom. The summed E-state index contributed by atoms with van der Waals surface area (Å²) in [6.45, 7) is 0. The summed E-state index contributed by atoms with van der Waals surface area (Å²) < 4.78 is 1.14. The highest BCUT2D eigenvalue weighted by Crippen LogP contribution is 2.33. The average Bonchev–Trinajstić information content (AvgIpc) is 3.46. The summed E-state index contributed by atoms with van der Waals surface area (Å²) in [4.78, 5) is 12.8. The van der Waals surface area contributed by atoms with Crippen LogP contribution in [0.25, 0.3) is 32.2 Å². The standard InChI is InChI=1S/C26H25N5OS/c32-20-9-7-19(8-10-20)28-24-2-1-3-25(30-24)31-26-29-21-11-6-18(15-23(21)33-26)17-5-4-16-12-13-27-22(16)14-17/h1-6,11-15,19-20,27,32H,7-10H2,(H2,28,29,30,31). The average molecular weight is 456 g/mol. The van der Waals surface area contributed by atoms with Crippen LogP contribution in [0.2, 0.25) is 0 Å². The topological polar surface area (TPSA) is 85.9 Å². The van der Waals surface area contributed by atoms with Gasteiger partial charge in [0.25, 0.3) is 0 Å². The van der Waals surface area contributed by atoms with Crippen molar-refractivity contribution in [2.45, 2.75) is 37.8 Å². The Balaban J connectivity index is 1.20. The van der Waals surface area contributed by atoms with Crippen LogP contribution in [-0.4, -0.2) is 32.2 Å². The predicted molar refractivity (Wildman–Crippen MR) is 136 cm³/mol. The lowest BCUT2D eigenvalue weighted by atomic mass is 9.93. The van der Waals surface area contributed by atoms with Gasteiger partial charge in [-0.2, -0.15) is 0 Å². The van der Waals surface area contributed by atoms with Crippen LogP contribution in [-0.2, 0) is 0 Å². The number of aromatic amines is 1. The Hall–Kier alpha value is -3.42. The SMILES string of the molecule is OC1CCC(Nc2cccc(Nc3nc4ccc(-c5ccc6cc[nH]c6c5)cc4s3)n2)CC1. The fourth-order valence-electron chi connectivity index (χ4n) is 4.51. The smallest absolute Gasteiger partial charge is 0.189 e. The lowest BCUT2D eigenvalue weighted by molar-refractivity contribution is 0.126. The molecular formula is C26H25N5OS. The minimum atomic E-state index is -0.153. The number of aliphatic hydroxyl groups excluding tert-OH is 1. The van der Waals surface area contributed by atoms with Crippen molar-refractivity contribution in [3.05, 3.63) is 66.9 Å². The highest BCUT2D eigenvalue weighted by atomic mass is 32.1. The molecule has 6 nitrogen and oxygen atoms in total. The maximum absolute atomic E-state index is 9.72. The van der Waals surface area contributed by atoms with Crippen LogP contribution in [0.4, 0.5) is 16.8 Å². The van der Waals surface area contributed by atoms with Crippen molar-refractivity contribution in [3.8, 4) is 11.1 Å². The molecule has 3 heterocycles. The fraction of sp³-hybridized carbons (Fsp3) is 0.231. The molecule has 5 aromatic rings. The molecule has 4 N–H and O–H groups in total. The number of hydrogen-bond donors (Lipinski definition) is 4. The third kappa shape index (κ3) is 4.29. The van der Waals surface area contributed by atoms with Gasteiger partial charge in [0.15, 0.2) is 5.13 Å². The number of H-pyrrole nitrogens is 1. The third-order valence-electron chi connectivity index (χ3n) is 6.31. The first-order chi connectivity index (χ1) is 16.2. The van der Waals surface area contributed by atoms with Crippen LogP contribution in [0.15, 0.2) is 66.9 Å². The van der Waals surface area contributed by atoms with E-state index in [4.69, 9.17) is 9.97 Å². The molecule has 2 aromatic carbocycles. The van der Waals surface area contributed by atoms with Crippen molar-refractivity contribution in [2.75, 3.05) is 10.6 Å². The Morgan fingerprint density at radius 2 is 1.70 bits per heavy atom. The lowest BCUT2D eigenvalue weighted by Crippen LogP contribution is -2.28. The van der Waals surface area contributed by atoms with Crippen molar-refractivity contribution < 1.29 is 5.11 Å². The minimum absolute atomic E-state index is 0.153. The van der Waals surface area contributed by atoms with E-state index in [1.807, 2.05) is 24.4 Å². The highest BCUT2D eigenvalue weighted by Gasteiger charge is 2.19. The number of nitrogens with zero attached hydrogens (tertiary/aromatic N) is 2. The Morgan fingerprint density at radius 3 is 2.61 bits per heavy atom. The highest BCUT2D eigenvalue weighted by molar-refractivity contribution is 7.22. The number of aliphatic hydroxyl groups is 1. The number of benzene rings is 2. The molecule has 0 radical (unpaired) electrons. The maximum Gasteiger partial charge on any atom is 0.189 e. The third-order valence-corrected chi connectivity index (χ3v) is 7.24. The van der Waals surface area contributed by atoms with Crippen LogP contribution in [0.3, 0.4) is 0 Å². The zero-order chi connectivity index (χ0) is 22.2. The number of rotatable bonds is 5.